The monoisotopic (exact) mass is 285 g/mol. The number of aryl methyl sites for hydroxylation is 2. The Labute approximate surface area is 123 Å². The van der Waals surface area contributed by atoms with Gasteiger partial charge in [-0.2, -0.15) is 0 Å². The molecule has 0 bridgehead atoms. The molecule has 0 unspecified atom stereocenters. The molecule has 2 atom stereocenters. The van der Waals surface area contributed by atoms with Crippen LogP contribution in [0.4, 0.5) is 4.79 Å². The number of nitrogens with zero attached hydrogens (tertiary/aromatic N) is 1. The Bertz CT molecular complexity index is 617. The van der Waals surface area contributed by atoms with Crippen molar-refractivity contribution in [2.24, 2.45) is 0 Å². The van der Waals surface area contributed by atoms with Crippen molar-refractivity contribution in [3.8, 4) is 0 Å². The average Bonchev–Trinajstić information content (AvgIpc) is 3.17. The van der Waals surface area contributed by atoms with Crippen LogP contribution in [0.25, 0.3) is 0 Å². The summed E-state index contributed by atoms with van der Waals surface area (Å²) in [5.74, 6) is 1.19. The van der Waals surface area contributed by atoms with E-state index in [9.17, 15) is 4.79 Å². The Morgan fingerprint density at radius 3 is 2.76 bits per heavy atom. The molecule has 5 heteroatoms. The number of benzene rings is 1. The van der Waals surface area contributed by atoms with Gasteiger partial charge in [0.1, 0.15) is 5.76 Å². The summed E-state index contributed by atoms with van der Waals surface area (Å²) in [7, 11) is 0. The average molecular weight is 285 g/mol. The van der Waals surface area contributed by atoms with Gasteiger partial charge in [0.25, 0.3) is 0 Å². The summed E-state index contributed by atoms with van der Waals surface area (Å²) in [4.78, 5) is 11.9. The molecular weight excluding hydrogens is 266 g/mol. The van der Waals surface area contributed by atoms with E-state index in [0.29, 0.717) is 12.5 Å². The Morgan fingerprint density at radius 1 is 1.33 bits per heavy atom. The Morgan fingerprint density at radius 2 is 2.10 bits per heavy atom. The minimum absolute atomic E-state index is 0.140. The lowest BCUT2D eigenvalue weighted by Crippen LogP contribution is -2.37. The number of hydrogen-bond acceptors (Lipinski definition) is 3. The highest BCUT2D eigenvalue weighted by atomic mass is 16.5. The molecule has 110 valence electrons. The number of rotatable bonds is 4. The fraction of sp³-hybridized carbons (Fsp3) is 0.375. The zero-order valence-corrected chi connectivity index (χ0v) is 12.2. The van der Waals surface area contributed by atoms with Crippen LogP contribution in [0.1, 0.15) is 34.9 Å². The van der Waals surface area contributed by atoms with Crippen LogP contribution in [0.3, 0.4) is 0 Å². The van der Waals surface area contributed by atoms with Gasteiger partial charge in [-0.05, 0) is 25.8 Å². The largest absolute Gasteiger partial charge is 0.361 e. The van der Waals surface area contributed by atoms with Gasteiger partial charge in [0, 0.05) is 24.1 Å². The highest BCUT2D eigenvalue weighted by Gasteiger charge is 2.39. The van der Waals surface area contributed by atoms with Gasteiger partial charge in [0.05, 0.1) is 5.69 Å². The molecule has 0 spiro atoms. The molecule has 3 rings (SSSR count). The van der Waals surface area contributed by atoms with Crippen molar-refractivity contribution in [2.75, 3.05) is 0 Å². The Balaban J connectivity index is 1.48. The SMILES string of the molecule is Cc1noc(C)c1CNC(=O)N[C@@H]1C[C@H]1c1ccccc1. The van der Waals surface area contributed by atoms with E-state index >= 15 is 0 Å². The van der Waals surface area contributed by atoms with Gasteiger partial charge in [0.15, 0.2) is 0 Å². The van der Waals surface area contributed by atoms with E-state index in [1.165, 1.54) is 5.56 Å². The van der Waals surface area contributed by atoms with Crippen LogP contribution >= 0.6 is 0 Å². The molecule has 1 saturated carbocycles. The predicted molar refractivity (Wildman–Crippen MR) is 78.9 cm³/mol. The minimum Gasteiger partial charge on any atom is -0.361 e. The summed E-state index contributed by atoms with van der Waals surface area (Å²) < 4.78 is 5.07. The second-order valence-electron chi connectivity index (χ2n) is 5.49. The first-order chi connectivity index (χ1) is 10.1. The minimum atomic E-state index is -0.140. The van der Waals surface area contributed by atoms with Crippen LogP contribution in [0.15, 0.2) is 34.9 Å². The van der Waals surface area contributed by atoms with Crippen molar-refractivity contribution in [3.05, 3.63) is 52.9 Å². The van der Waals surface area contributed by atoms with Crippen LogP contribution in [-0.2, 0) is 6.54 Å². The lowest BCUT2D eigenvalue weighted by atomic mass is 10.1. The first kappa shape index (κ1) is 13.7. The van der Waals surface area contributed by atoms with Gasteiger partial charge in [-0.3, -0.25) is 0 Å². The number of nitrogens with one attached hydrogen (secondary N) is 2. The molecule has 2 N–H and O–H groups in total. The molecule has 0 saturated heterocycles. The molecule has 1 heterocycles. The van der Waals surface area contributed by atoms with Gasteiger partial charge in [-0.1, -0.05) is 35.5 Å². The lowest BCUT2D eigenvalue weighted by molar-refractivity contribution is 0.240. The Kier molecular flexibility index (Phi) is 3.64. The van der Waals surface area contributed by atoms with E-state index in [0.717, 1.165) is 23.4 Å². The molecule has 0 radical (unpaired) electrons. The zero-order chi connectivity index (χ0) is 14.8. The van der Waals surface area contributed by atoms with Crippen molar-refractivity contribution in [1.82, 2.24) is 15.8 Å². The maximum absolute atomic E-state index is 11.9. The number of urea groups is 1. The van der Waals surface area contributed by atoms with Crippen molar-refractivity contribution in [2.45, 2.75) is 38.8 Å². The van der Waals surface area contributed by atoms with Gasteiger partial charge in [-0.25, -0.2) is 4.79 Å². The molecule has 0 aliphatic heterocycles. The second-order valence-corrected chi connectivity index (χ2v) is 5.49. The molecule has 1 aliphatic carbocycles. The zero-order valence-electron chi connectivity index (χ0n) is 12.2. The maximum Gasteiger partial charge on any atom is 0.315 e. The first-order valence-electron chi connectivity index (χ1n) is 7.16. The quantitative estimate of drug-likeness (QED) is 0.907. The molecule has 5 nitrogen and oxygen atoms in total. The summed E-state index contributed by atoms with van der Waals surface area (Å²) in [5, 5.41) is 9.74. The van der Waals surface area contributed by atoms with Crippen molar-refractivity contribution >= 4 is 6.03 Å². The molecular formula is C16H19N3O2. The standard InChI is InChI=1S/C16H19N3O2/c1-10-14(11(2)21-19-10)9-17-16(20)18-15-8-13(15)12-6-4-3-5-7-12/h3-7,13,15H,8-9H2,1-2H3,(H2,17,18,20)/t13-,15+/m0/s1. The number of carbonyl (C=O) groups excluding carboxylic acids is 1. The van der Waals surface area contributed by atoms with Crippen LogP contribution in [-0.4, -0.2) is 17.2 Å². The number of carbonyl (C=O) groups is 1. The molecule has 2 aromatic rings. The van der Waals surface area contributed by atoms with Crippen LogP contribution in [0.5, 0.6) is 0 Å². The van der Waals surface area contributed by atoms with Gasteiger partial charge in [0.2, 0.25) is 0 Å². The van der Waals surface area contributed by atoms with E-state index in [4.69, 9.17) is 4.52 Å². The summed E-state index contributed by atoms with van der Waals surface area (Å²) in [6.07, 6.45) is 1.00. The summed E-state index contributed by atoms with van der Waals surface area (Å²) >= 11 is 0. The molecule has 1 fully saturated rings. The van der Waals surface area contributed by atoms with E-state index in [-0.39, 0.29) is 12.1 Å². The lowest BCUT2D eigenvalue weighted by Gasteiger charge is -2.07. The molecule has 2 amide bonds. The summed E-state index contributed by atoms with van der Waals surface area (Å²) in [5.41, 5.74) is 3.05. The van der Waals surface area contributed by atoms with E-state index in [1.54, 1.807) is 0 Å². The normalized spacial score (nSPS) is 20.1. The maximum atomic E-state index is 11.9. The Hall–Kier alpha value is -2.30. The van der Waals surface area contributed by atoms with Gasteiger partial charge in [-0.15, -0.1) is 0 Å². The highest BCUT2D eigenvalue weighted by Crippen LogP contribution is 2.40. The van der Waals surface area contributed by atoms with Crippen molar-refractivity contribution in [3.63, 3.8) is 0 Å². The van der Waals surface area contributed by atoms with Crippen LogP contribution in [0.2, 0.25) is 0 Å². The van der Waals surface area contributed by atoms with E-state index in [1.807, 2.05) is 32.0 Å². The topological polar surface area (TPSA) is 67.2 Å². The summed E-state index contributed by atoms with van der Waals surface area (Å²) in [6.45, 7) is 4.16. The fourth-order valence-corrected chi connectivity index (χ4v) is 2.57. The predicted octanol–water partition coefficient (Wildman–Crippen LogP) is 2.65. The number of aromatic nitrogens is 1. The third-order valence-electron chi connectivity index (χ3n) is 3.94. The summed E-state index contributed by atoms with van der Waals surface area (Å²) in [6, 6.07) is 10.4. The van der Waals surface area contributed by atoms with Crippen molar-refractivity contribution < 1.29 is 9.32 Å². The van der Waals surface area contributed by atoms with E-state index < -0.39 is 0 Å². The first-order valence-corrected chi connectivity index (χ1v) is 7.16. The number of hydrogen-bond donors (Lipinski definition) is 2. The molecule has 1 aliphatic rings. The van der Waals surface area contributed by atoms with Crippen LogP contribution in [0, 0.1) is 13.8 Å². The third kappa shape index (κ3) is 3.07. The number of amides is 2. The highest BCUT2D eigenvalue weighted by molar-refractivity contribution is 5.75. The third-order valence-corrected chi connectivity index (χ3v) is 3.94. The van der Waals surface area contributed by atoms with Crippen molar-refractivity contribution in [1.29, 1.82) is 0 Å². The fourth-order valence-electron chi connectivity index (χ4n) is 2.57. The smallest absolute Gasteiger partial charge is 0.315 e. The van der Waals surface area contributed by atoms with Gasteiger partial charge >= 0.3 is 6.03 Å². The molecule has 1 aromatic heterocycles. The van der Waals surface area contributed by atoms with E-state index in [2.05, 4.69) is 27.9 Å². The molecule has 21 heavy (non-hydrogen) atoms. The second kappa shape index (κ2) is 5.60. The molecule has 1 aromatic carbocycles. The van der Waals surface area contributed by atoms with Crippen LogP contribution < -0.4 is 10.6 Å². The van der Waals surface area contributed by atoms with Gasteiger partial charge < -0.3 is 15.2 Å².